The third kappa shape index (κ3) is 5.24. The summed E-state index contributed by atoms with van der Waals surface area (Å²) in [5.41, 5.74) is 0.833. The summed E-state index contributed by atoms with van der Waals surface area (Å²) < 4.78 is 15.3. The van der Waals surface area contributed by atoms with Gasteiger partial charge in [-0.15, -0.1) is 0 Å². The van der Waals surface area contributed by atoms with Gasteiger partial charge in [-0.1, -0.05) is 12.2 Å². The maximum atomic E-state index is 12.9. The number of amides is 1. The molecule has 0 bridgehead atoms. The largest absolute Gasteiger partial charge is 0.497 e. The monoisotopic (exact) mass is 347 g/mol. The summed E-state index contributed by atoms with van der Waals surface area (Å²) in [4.78, 5) is 26.2. The summed E-state index contributed by atoms with van der Waals surface area (Å²) in [5, 5.41) is 0. The molecule has 0 radical (unpaired) electrons. The van der Waals surface area contributed by atoms with E-state index in [0.29, 0.717) is 24.5 Å². The molecule has 1 aliphatic carbocycles. The van der Waals surface area contributed by atoms with Gasteiger partial charge in [-0.25, -0.2) is 0 Å². The molecule has 1 atom stereocenters. The highest BCUT2D eigenvalue weighted by Gasteiger charge is 2.26. The van der Waals surface area contributed by atoms with Crippen molar-refractivity contribution < 1.29 is 23.8 Å². The third-order valence-electron chi connectivity index (χ3n) is 4.26. The second kappa shape index (κ2) is 9.11. The summed E-state index contributed by atoms with van der Waals surface area (Å²) in [7, 11) is 4.47. The number of nitrogens with zero attached hydrogens (tertiary/aromatic N) is 1. The van der Waals surface area contributed by atoms with Crippen molar-refractivity contribution in [3.05, 3.63) is 35.9 Å². The number of methoxy groups -OCH3 is 3. The summed E-state index contributed by atoms with van der Waals surface area (Å²) >= 11 is 0. The molecule has 0 saturated carbocycles. The number of carbonyl (C=O) groups is 2. The molecular weight excluding hydrogens is 322 g/mol. The number of hydrogen-bond acceptors (Lipinski definition) is 5. The Kier molecular flexibility index (Phi) is 6.86. The molecule has 136 valence electrons. The zero-order valence-electron chi connectivity index (χ0n) is 15.0. The number of rotatable bonds is 7. The van der Waals surface area contributed by atoms with Gasteiger partial charge in [-0.3, -0.25) is 9.59 Å². The standard InChI is InChI=1S/C19H25NO5/c1-23-16-9-14(10-17(11-16)24-2)12-20(13-18(21)25-3)19(22)15-7-5-4-6-8-15/h4-5,9-11,15H,6-8,12-13H2,1-3H3. The molecule has 0 saturated heterocycles. The lowest BCUT2D eigenvalue weighted by atomic mass is 9.93. The van der Waals surface area contributed by atoms with Gasteiger partial charge in [0.05, 0.1) is 21.3 Å². The van der Waals surface area contributed by atoms with Crippen LogP contribution in [0.2, 0.25) is 0 Å². The third-order valence-corrected chi connectivity index (χ3v) is 4.26. The molecule has 0 heterocycles. The van der Waals surface area contributed by atoms with Crippen molar-refractivity contribution in [1.82, 2.24) is 4.90 Å². The van der Waals surface area contributed by atoms with Crippen LogP contribution in [0.4, 0.5) is 0 Å². The molecule has 2 rings (SSSR count). The van der Waals surface area contributed by atoms with E-state index >= 15 is 0 Å². The van der Waals surface area contributed by atoms with E-state index in [0.717, 1.165) is 18.4 Å². The van der Waals surface area contributed by atoms with Crippen LogP contribution in [0.25, 0.3) is 0 Å². The molecule has 0 aromatic heterocycles. The van der Waals surface area contributed by atoms with Crippen LogP contribution < -0.4 is 9.47 Å². The van der Waals surface area contributed by atoms with Gasteiger partial charge >= 0.3 is 5.97 Å². The number of ether oxygens (including phenoxy) is 3. The van der Waals surface area contributed by atoms with Gasteiger partial charge in [0.1, 0.15) is 18.0 Å². The minimum absolute atomic E-state index is 0.0310. The fourth-order valence-electron chi connectivity index (χ4n) is 2.89. The molecule has 0 fully saturated rings. The minimum atomic E-state index is -0.436. The predicted octanol–water partition coefficient (Wildman–Crippen LogP) is 2.56. The molecular formula is C19H25NO5. The van der Waals surface area contributed by atoms with Crippen LogP contribution in [0.3, 0.4) is 0 Å². The van der Waals surface area contributed by atoms with Gasteiger partial charge in [0, 0.05) is 18.5 Å². The Hall–Kier alpha value is -2.50. The first-order chi connectivity index (χ1) is 12.1. The smallest absolute Gasteiger partial charge is 0.325 e. The van der Waals surface area contributed by atoms with Gasteiger partial charge in [-0.05, 0) is 37.0 Å². The Morgan fingerprint density at radius 2 is 1.76 bits per heavy atom. The van der Waals surface area contributed by atoms with Crippen LogP contribution in [0.5, 0.6) is 11.5 Å². The fourth-order valence-corrected chi connectivity index (χ4v) is 2.89. The highest BCUT2D eigenvalue weighted by molar-refractivity contribution is 5.84. The highest BCUT2D eigenvalue weighted by Crippen LogP contribution is 2.25. The normalized spacial score (nSPS) is 16.2. The summed E-state index contributed by atoms with van der Waals surface area (Å²) in [6.45, 7) is 0.219. The minimum Gasteiger partial charge on any atom is -0.497 e. The molecule has 1 unspecified atom stereocenters. The van der Waals surface area contributed by atoms with Gasteiger partial charge in [0.25, 0.3) is 0 Å². The molecule has 1 aromatic carbocycles. The zero-order valence-corrected chi connectivity index (χ0v) is 15.0. The number of benzene rings is 1. The van der Waals surface area contributed by atoms with E-state index in [2.05, 4.69) is 6.08 Å². The Morgan fingerprint density at radius 3 is 2.28 bits per heavy atom. The molecule has 6 heteroatoms. The van der Waals surface area contributed by atoms with Gasteiger partial charge in [0.15, 0.2) is 0 Å². The van der Waals surface area contributed by atoms with Gasteiger partial charge in [-0.2, -0.15) is 0 Å². The van der Waals surface area contributed by atoms with Crippen LogP contribution in [0, 0.1) is 5.92 Å². The first-order valence-corrected chi connectivity index (χ1v) is 8.30. The van der Waals surface area contributed by atoms with Crippen LogP contribution >= 0.6 is 0 Å². The SMILES string of the molecule is COC(=O)CN(Cc1cc(OC)cc(OC)c1)C(=O)C1CC=CCC1. The lowest BCUT2D eigenvalue weighted by molar-refractivity contribution is -0.149. The highest BCUT2D eigenvalue weighted by atomic mass is 16.5. The molecule has 1 aliphatic rings. The molecule has 0 N–H and O–H groups in total. The summed E-state index contributed by atoms with van der Waals surface area (Å²) in [6.07, 6.45) is 6.50. The second-order valence-electron chi connectivity index (χ2n) is 5.97. The van der Waals surface area contributed by atoms with E-state index in [-0.39, 0.29) is 18.4 Å². The van der Waals surface area contributed by atoms with E-state index in [1.54, 1.807) is 25.2 Å². The Labute approximate surface area is 148 Å². The topological polar surface area (TPSA) is 65.1 Å². The van der Waals surface area contributed by atoms with E-state index in [1.165, 1.54) is 7.11 Å². The maximum absolute atomic E-state index is 12.9. The van der Waals surface area contributed by atoms with Crippen molar-refractivity contribution in [3.63, 3.8) is 0 Å². The van der Waals surface area contributed by atoms with Crippen LogP contribution in [-0.2, 0) is 20.9 Å². The van der Waals surface area contributed by atoms with Crippen molar-refractivity contribution in [2.24, 2.45) is 5.92 Å². The number of hydrogen-bond donors (Lipinski definition) is 0. The maximum Gasteiger partial charge on any atom is 0.325 e. The van der Waals surface area contributed by atoms with E-state index in [9.17, 15) is 9.59 Å². The predicted molar refractivity (Wildman–Crippen MR) is 93.5 cm³/mol. The Balaban J connectivity index is 2.21. The lowest BCUT2D eigenvalue weighted by Gasteiger charge is -2.27. The van der Waals surface area contributed by atoms with Crippen molar-refractivity contribution in [1.29, 1.82) is 0 Å². The van der Waals surface area contributed by atoms with Crippen molar-refractivity contribution in [2.45, 2.75) is 25.8 Å². The Bertz CT molecular complexity index is 618. The zero-order chi connectivity index (χ0) is 18.2. The van der Waals surface area contributed by atoms with E-state index in [1.807, 2.05) is 18.2 Å². The van der Waals surface area contributed by atoms with Crippen LogP contribution in [-0.4, -0.2) is 44.7 Å². The molecule has 1 amide bonds. The Morgan fingerprint density at radius 1 is 1.08 bits per heavy atom. The average Bonchev–Trinajstić information content (AvgIpc) is 2.66. The molecule has 0 spiro atoms. The molecule has 0 aliphatic heterocycles. The number of allylic oxidation sites excluding steroid dienone is 2. The first-order valence-electron chi connectivity index (χ1n) is 8.30. The first kappa shape index (κ1) is 18.8. The van der Waals surface area contributed by atoms with Crippen molar-refractivity contribution in [3.8, 4) is 11.5 Å². The summed E-state index contributed by atoms with van der Waals surface area (Å²) in [6, 6.07) is 5.43. The second-order valence-corrected chi connectivity index (χ2v) is 5.97. The van der Waals surface area contributed by atoms with Crippen LogP contribution in [0.1, 0.15) is 24.8 Å². The van der Waals surface area contributed by atoms with E-state index in [4.69, 9.17) is 14.2 Å². The summed E-state index contributed by atoms with van der Waals surface area (Å²) in [5.74, 6) is 0.717. The van der Waals surface area contributed by atoms with Crippen molar-refractivity contribution >= 4 is 11.9 Å². The van der Waals surface area contributed by atoms with Crippen molar-refractivity contribution in [2.75, 3.05) is 27.9 Å². The van der Waals surface area contributed by atoms with E-state index < -0.39 is 5.97 Å². The molecule has 1 aromatic rings. The van der Waals surface area contributed by atoms with Crippen LogP contribution in [0.15, 0.2) is 30.4 Å². The number of carbonyl (C=O) groups excluding carboxylic acids is 2. The van der Waals surface area contributed by atoms with Gasteiger partial charge < -0.3 is 19.1 Å². The number of esters is 1. The van der Waals surface area contributed by atoms with Gasteiger partial charge in [0.2, 0.25) is 5.91 Å². The lowest BCUT2D eigenvalue weighted by Crippen LogP contribution is -2.39. The average molecular weight is 347 g/mol. The molecule has 6 nitrogen and oxygen atoms in total. The quantitative estimate of drug-likeness (QED) is 0.560. The fraction of sp³-hybridized carbons (Fsp3) is 0.474. The molecule has 25 heavy (non-hydrogen) atoms.